The van der Waals surface area contributed by atoms with Gasteiger partial charge in [-0.2, -0.15) is 0 Å². The molecule has 2 heterocycles. The highest BCUT2D eigenvalue weighted by atomic mass is 16.2. The zero-order valence-electron chi connectivity index (χ0n) is 11.6. The van der Waals surface area contributed by atoms with Crippen LogP contribution >= 0.6 is 0 Å². The normalized spacial score (nSPS) is 16.0. The highest BCUT2D eigenvalue weighted by molar-refractivity contribution is 5.98. The van der Waals surface area contributed by atoms with Crippen molar-refractivity contribution in [1.82, 2.24) is 9.47 Å². The topological polar surface area (TPSA) is 25.2 Å². The summed E-state index contributed by atoms with van der Waals surface area (Å²) >= 11 is 0. The van der Waals surface area contributed by atoms with Crippen LogP contribution in [0.25, 0.3) is 10.9 Å². The van der Waals surface area contributed by atoms with Crippen LogP contribution in [0.3, 0.4) is 0 Å². The van der Waals surface area contributed by atoms with Gasteiger partial charge < -0.3 is 9.47 Å². The molecule has 1 aromatic carbocycles. The van der Waals surface area contributed by atoms with Crippen molar-refractivity contribution in [2.45, 2.75) is 26.2 Å². The standard InChI is InChI=1S/C16H20N2O/c1-12-6-7-13-11-15(17(2)14(13)10-12)16(19)18-8-4-3-5-9-18/h6-7,10-11H,3-5,8-9H2,1-2H3. The number of aromatic nitrogens is 1. The minimum absolute atomic E-state index is 0.177. The van der Waals surface area contributed by atoms with Gasteiger partial charge in [0.1, 0.15) is 5.69 Å². The molecule has 19 heavy (non-hydrogen) atoms. The quantitative estimate of drug-likeness (QED) is 0.769. The Labute approximate surface area is 113 Å². The Morgan fingerprint density at radius 2 is 1.84 bits per heavy atom. The third-order valence-electron chi connectivity index (χ3n) is 4.06. The fourth-order valence-corrected chi connectivity index (χ4v) is 2.90. The van der Waals surface area contributed by atoms with Crippen LogP contribution in [-0.2, 0) is 7.05 Å². The van der Waals surface area contributed by atoms with Crippen molar-refractivity contribution >= 4 is 16.8 Å². The van der Waals surface area contributed by atoms with E-state index in [-0.39, 0.29) is 5.91 Å². The number of benzene rings is 1. The summed E-state index contributed by atoms with van der Waals surface area (Å²) in [4.78, 5) is 14.6. The van der Waals surface area contributed by atoms with Gasteiger partial charge in [0.2, 0.25) is 0 Å². The number of fused-ring (bicyclic) bond motifs is 1. The van der Waals surface area contributed by atoms with E-state index in [0.29, 0.717) is 0 Å². The molecule has 1 amide bonds. The van der Waals surface area contributed by atoms with Crippen molar-refractivity contribution in [3.8, 4) is 0 Å². The van der Waals surface area contributed by atoms with Gasteiger partial charge in [0.25, 0.3) is 5.91 Å². The zero-order valence-corrected chi connectivity index (χ0v) is 11.6. The van der Waals surface area contributed by atoms with Gasteiger partial charge in [-0.25, -0.2) is 0 Å². The average Bonchev–Trinajstić information content (AvgIpc) is 2.76. The number of piperidine rings is 1. The number of carbonyl (C=O) groups excluding carboxylic acids is 1. The van der Waals surface area contributed by atoms with Gasteiger partial charge in [0, 0.05) is 31.0 Å². The smallest absolute Gasteiger partial charge is 0.270 e. The van der Waals surface area contributed by atoms with E-state index in [4.69, 9.17) is 0 Å². The maximum atomic E-state index is 12.6. The summed E-state index contributed by atoms with van der Waals surface area (Å²) in [7, 11) is 1.99. The summed E-state index contributed by atoms with van der Waals surface area (Å²) in [6.07, 6.45) is 3.52. The highest BCUT2D eigenvalue weighted by Crippen LogP contribution is 2.22. The third-order valence-corrected chi connectivity index (χ3v) is 4.06. The molecule has 0 atom stereocenters. The third kappa shape index (κ3) is 2.14. The van der Waals surface area contributed by atoms with Gasteiger partial charge in [-0.1, -0.05) is 12.1 Å². The van der Waals surface area contributed by atoms with Gasteiger partial charge in [0.15, 0.2) is 0 Å². The minimum atomic E-state index is 0.177. The minimum Gasteiger partial charge on any atom is -0.340 e. The van der Waals surface area contributed by atoms with Crippen LogP contribution in [0.5, 0.6) is 0 Å². The predicted molar refractivity (Wildman–Crippen MR) is 77.4 cm³/mol. The van der Waals surface area contributed by atoms with Crippen LogP contribution in [0, 0.1) is 6.92 Å². The van der Waals surface area contributed by atoms with E-state index in [1.165, 1.54) is 12.0 Å². The van der Waals surface area contributed by atoms with Gasteiger partial charge in [-0.3, -0.25) is 4.79 Å². The molecule has 3 nitrogen and oxygen atoms in total. The van der Waals surface area contributed by atoms with Crippen LogP contribution in [0.4, 0.5) is 0 Å². The summed E-state index contributed by atoms with van der Waals surface area (Å²) in [6.45, 7) is 3.89. The van der Waals surface area contributed by atoms with Crippen molar-refractivity contribution < 1.29 is 4.79 Å². The van der Waals surface area contributed by atoms with E-state index in [2.05, 4.69) is 25.1 Å². The SMILES string of the molecule is Cc1ccc2cc(C(=O)N3CCCCC3)n(C)c2c1. The summed E-state index contributed by atoms with van der Waals surface area (Å²) in [6, 6.07) is 8.35. The fraction of sp³-hybridized carbons (Fsp3) is 0.438. The average molecular weight is 256 g/mol. The van der Waals surface area contributed by atoms with Gasteiger partial charge in [-0.05, 0) is 43.9 Å². The molecule has 3 rings (SSSR count). The van der Waals surface area contributed by atoms with Crippen LogP contribution in [0.2, 0.25) is 0 Å². The van der Waals surface area contributed by atoms with Crippen LogP contribution < -0.4 is 0 Å². The predicted octanol–water partition coefficient (Wildman–Crippen LogP) is 3.11. The number of amides is 1. The number of likely N-dealkylation sites (tertiary alicyclic amines) is 1. The molecule has 0 unspecified atom stereocenters. The van der Waals surface area contributed by atoms with Crippen molar-refractivity contribution in [3.63, 3.8) is 0 Å². The molecule has 1 saturated heterocycles. The fourth-order valence-electron chi connectivity index (χ4n) is 2.90. The lowest BCUT2D eigenvalue weighted by Gasteiger charge is -2.26. The van der Waals surface area contributed by atoms with E-state index >= 15 is 0 Å². The molecule has 0 saturated carbocycles. The Balaban J connectivity index is 2.00. The van der Waals surface area contributed by atoms with Crippen molar-refractivity contribution in [2.24, 2.45) is 7.05 Å². The van der Waals surface area contributed by atoms with E-state index in [1.54, 1.807) is 0 Å². The summed E-state index contributed by atoms with van der Waals surface area (Å²) in [5.74, 6) is 0.177. The van der Waals surface area contributed by atoms with Crippen LogP contribution in [0.15, 0.2) is 24.3 Å². The molecule has 1 aliphatic heterocycles. The molecule has 1 fully saturated rings. The Morgan fingerprint density at radius 1 is 1.11 bits per heavy atom. The maximum absolute atomic E-state index is 12.6. The molecule has 0 spiro atoms. The Morgan fingerprint density at radius 3 is 2.58 bits per heavy atom. The van der Waals surface area contributed by atoms with E-state index < -0.39 is 0 Å². The lowest BCUT2D eigenvalue weighted by Crippen LogP contribution is -2.36. The molecule has 2 aromatic rings. The van der Waals surface area contributed by atoms with Gasteiger partial charge in [-0.15, -0.1) is 0 Å². The monoisotopic (exact) mass is 256 g/mol. The molecule has 3 heteroatoms. The molecule has 0 bridgehead atoms. The number of rotatable bonds is 1. The molecule has 0 N–H and O–H groups in total. The van der Waals surface area contributed by atoms with E-state index in [1.807, 2.05) is 22.6 Å². The summed E-state index contributed by atoms with van der Waals surface area (Å²) in [5.41, 5.74) is 3.17. The Hall–Kier alpha value is -1.77. The number of aryl methyl sites for hydroxylation is 2. The van der Waals surface area contributed by atoms with Crippen molar-refractivity contribution in [2.75, 3.05) is 13.1 Å². The molecule has 100 valence electrons. The Bertz CT molecular complexity index is 621. The lowest BCUT2D eigenvalue weighted by atomic mass is 10.1. The second-order valence-corrected chi connectivity index (χ2v) is 5.50. The summed E-state index contributed by atoms with van der Waals surface area (Å²) < 4.78 is 2.03. The molecular weight excluding hydrogens is 236 g/mol. The first kappa shape index (κ1) is 12.3. The first-order valence-corrected chi connectivity index (χ1v) is 7.02. The van der Waals surface area contributed by atoms with E-state index in [9.17, 15) is 4.79 Å². The summed E-state index contributed by atoms with van der Waals surface area (Å²) in [5, 5.41) is 1.15. The van der Waals surface area contributed by atoms with Crippen molar-refractivity contribution in [1.29, 1.82) is 0 Å². The highest BCUT2D eigenvalue weighted by Gasteiger charge is 2.21. The first-order valence-electron chi connectivity index (χ1n) is 7.02. The van der Waals surface area contributed by atoms with Crippen LogP contribution in [0.1, 0.15) is 35.3 Å². The molecule has 1 aliphatic rings. The molecule has 0 aliphatic carbocycles. The van der Waals surface area contributed by atoms with Crippen molar-refractivity contribution in [3.05, 3.63) is 35.5 Å². The number of hydrogen-bond acceptors (Lipinski definition) is 1. The maximum Gasteiger partial charge on any atom is 0.270 e. The zero-order chi connectivity index (χ0) is 13.4. The lowest BCUT2D eigenvalue weighted by molar-refractivity contribution is 0.0715. The van der Waals surface area contributed by atoms with Gasteiger partial charge >= 0.3 is 0 Å². The number of carbonyl (C=O) groups is 1. The molecular formula is C16H20N2O. The van der Waals surface area contributed by atoms with Gasteiger partial charge in [0.05, 0.1) is 0 Å². The molecule has 0 radical (unpaired) electrons. The van der Waals surface area contributed by atoms with E-state index in [0.717, 1.165) is 42.5 Å². The second-order valence-electron chi connectivity index (χ2n) is 5.50. The number of hydrogen-bond donors (Lipinski definition) is 0. The largest absolute Gasteiger partial charge is 0.340 e. The van der Waals surface area contributed by atoms with Crippen LogP contribution in [-0.4, -0.2) is 28.5 Å². The second kappa shape index (κ2) is 4.72. The Kier molecular flexibility index (Phi) is 3.05. The number of nitrogens with zero attached hydrogens (tertiary/aromatic N) is 2. The molecule has 1 aromatic heterocycles. The first-order chi connectivity index (χ1) is 9.16.